The summed E-state index contributed by atoms with van der Waals surface area (Å²) in [4.78, 5) is 14.8. The van der Waals surface area contributed by atoms with Crippen molar-refractivity contribution >= 4 is 15.9 Å². The second-order valence-corrected chi connectivity index (χ2v) is 10.9. The van der Waals surface area contributed by atoms with Crippen molar-refractivity contribution in [1.29, 1.82) is 0 Å². The molecule has 2 aliphatic heterocycles. The molecule has 0 unspecified atom stereocenters. The molecule has 2 fully saturated rings. The fourth-order valence-electron chi connectivity index (χ4n) is 5.57. The molecule has 1 amide bonds. The van der Waals surface area contributed by atoms with E-state index in [9.17, 15) is 13.2 Å². The molecular formula is C22H32N2O3S. The molecule has 154 valence electrons. The summed E-state index contributed by atoms with van der Waals surface area (Å²) >= 11 is 0. The van der Waals surface area contributed by atoms with Crippen LogP contribution in [0.1, 0.15) is 68.9 Å². The van der Waals surface area contributed by atoms with Gasteiger partial charge in [-0.2, -0.15) is 0 Å². The predicted molar refractivity (Wildman–Crippen MR) is 111 cm³/mol. The summed E-state index contributed by atoms with van der Waals surface area (Å²) in [7, 11) is -3.13. The van der Waals surface area contributed by atoms with Crippen molar-refractivity contribution in [1.82, 2.24) is 9.21 Å². The predicted octanol–water partition coefficient (Wildman–Crippen LogP) is 3.26. The Hall–Kier alpha value is -1.40. The van der Waals surface area contributed by atoms with E-state index in [4.69, 9.17) is 0 Å². The Morgan fingerprint density at radius 3 is 2.46 bits per heavy atom. The Labute approximate surface area is 169 Å². The molecule has 1 atom stereocenters. The van der Waals surface area contributed by atoms with Gasteiger partial charge < -0.3 is 4.90 Å². The van der Waals surface area contributed by atoms with Crippen molar-refractivity contribution < 1.29 is 13.2 Å². The van der Waals surface area contributed by atoms with E-state index in [1.807, 2.05) is 11.8 Å². The molecule has 0 bridgehead atoms. The first-order valence-corrected chi connectivity index (χ1v) is 12.4. The van der Waals surface area contributed by atoms with Crippen LogP contribution in [0.3, 0.4) is 0 Å². The first kappa shape index (κ1) is 19.9. The zero-order chi connectivity index (χ0) is 19.8. The van der Waals surface area contributed by atoms with Gasteiger partial charge in [-0.1, -0.05) is 31.2 Å². The first-order chi connectivity index (χ1) is 13.5. The second kappa shape index (κ2) is 7.79. The van der Waals surface area contributed by atoms with Crippen LogP contribution in [0.5, 0.6) is 0 Å². The number of nitrogens with zero attached hydrogens (tertiary/aromatic N) is 2. The molecule has 1 aliphatic carbocycles. The van der Waals surface area contributed by atoms with Gasteiger partial charge in [0, 0.05) is 32.6 Å². The number of likely N-dealkylation sites (tertiary alicyclic amines) is 1. The van der Waals surface area contributed by atoms with Gasteiger partial charge in [0.1, 0.15) is 0 Å². The Morgan fingerprint density at radius 1 is 1.11 bits per heavy atom. The fraction of sp³-hybridized carbons (Fsp3) is 0.682. The van der Waals surface area contributed by atoms with Gasteiger partial charge in [0.25, 0.3) is 0 Å². The molecule has 5 nitrogen and oxygen atoms in total. The van der Waals surface area contributed by atoms with Crippen LogP contribution in [-0.4, -0.2) is 55.5 Å². The highest BCUT2D eigenvalue weighted by atomic mass is 32.2. The van der Waals surface area contributed by atoms with Gasteiger partial charge in [-0.05, 0) is 61.0 Å². The van der Waals surface area contributed by atoms with Gasteiger partial charge in [0.05, 0.1) is 5.75 Å². The van der Waals surface area contributed by atoms with E-state index in [1.54, 1.807) is 4.31 Å². The maximum Gasteiger partial charge on any atom is 0.223 e. The van der Waals surface area contributed by atoms with Crippen LogP contribution in [0.2, 0.25) is 0 Å². The summed E-state index contributed by atoms with van der Waals surface area (Å²) in [5, 5.41) is 0. The number of benzene rings is 1. The molecule has 0 aromatic heterocycles. The zero-order valence-electron chi connectivity index (χ0n) is 16.9. The zero-order valence-corrected chi connectivity index (χ0v) is 17.7. The van der Waals surface area contributed by atoms with Crippen molar-refractivity contribution in [2.75, 3.05) is 31.9 Å². The maximum atomic E-state index is 12.8. The minimum atomic E-state index is -3.13. The topological polar surface area (TPSA) is 57.7 Å². The molecule has 1 aromatic carbocycles. The van der Waals surface area contributed by atoms with Gasteiger partial charge >= 0.3 is 0 Å². The fourth-order valence-corrected chi connectivity index (χ4v) is 7.08. The van der Waals surface area contributed by atoms with Crippen LogP contribution in [0.15, 0.2) is 24.3 Å². The molecule has 4 rings (SSSR count). The van der Waals surface area contributed by atoms with Crippen molar-refractivity contribution in [3.8, 4) is 0 Å². The average molecular weight is 405 g/mol. The summed E-state index contributed by atoms with van der Waals surface area (Å²) in [6.07, 6.45) is 6.21. The van der Waals surface area contributed by atoms with Crippen LogP contribution in [0.25, 0.3) is 0 Å². The summed E-state index contributed by atoms with van der Waals surface area (Å²) in [6.45, 7) is 4.93. The number of sulfonamides is 1. The lowest BCUT2D eigenvalue weighted by Gasteiger charge is -2.39. The van der Waals surface area contributed by atoms with E-state index in [-0.39, 0.29) is 23.0 Å². The number of hydrogen-bond donors (Lipinski definition) is 0. The number of piperidine rings is 1. The molecule has 3 aliphatic rings. The maximum absolute atomic E-state index is 12.8. The van der Waals surface area contributed by atoms with E-state index in [0.717, 1.165) is 45.2 Å². The number of hydrogen-bond acceptors (Lipinski definition) is 3. The monoisotopic (exact) mass is 404 g/mol. The van der Waals surface area contributed by atoms with Crippen molar-refractivity contribution in [3.63, 3.8) is 0 Å². The van der Waals surface area contributed by atoms with Gasteiger partial charge in [0.15, 0.2) is 0 Å². The highest BCUT2D eigenvalue weighted by Gasteiger charge is 2.47. The van der Waals surface area contributed by atoms with Gasteiger partial charge in [-0.25, -0.2) is 12.7 Å². The van der Waals surface area contributed by atoms with E-state index in [0.29, 0.717) is 25.9 Å². The molecule has 2 heterocycles. The number of fused-ring (bicyclic) bond motifs is 2. The molecular weight excluding hydrogens is 372 g/mol. The van der Waals surface area contributed by atoms with Crippen LogP contribution in [-0.2, 0) is 20.2 Å². The average Bonchev–Trinajstić information content (AvgIpc) is 3.31. The lowest BCUT2D eigenvalue weighted by atomic mass is 9.73. The van der Waals surface area contributed by atoms with E-state index >= 15 is 0 Å². The van der Waals surface area contributed by atoms with E-state index < -0.39 is 10.0 Å². The number of carbonyl (C=O) groups is 1. The quantitative estimate of drug-likeness (QED) is 0.757. The van der Waals surface area contributed by atoms with Crippen LogP contribution >= 0.6 is 0 Å². The third kappa shape index (κ3) is 3.61. The largest absolute Gasteiger partial charge is 0.343 e. The molecule has 0 saturated carbocycles. The normalized spacial score (nSPS) is 24.6. The van der Waals surface area contributed by atoms with Crippen LogP contribution in [0.4, 0.5) is 0 Å². The third-order valence-electron chi connectivity index (χ3n) is 7.02. The minimum Gasteiger partial charge on any atom is -0.343 e. The molecule has 28 heavy (non-hydrogen) atoms. The molecule has 0 radical (unpaired) electrons. The minimum absolute atomic E-state index is 0.0325. The Bertz CT molecular complexity index is 822. The first-order valence-electron chi connectivity index (χ1n) is 10.8. The Balaban J connectivity index is 1.51. The van der Waals surface area contributed by atoms with Gasteiger partial charge in [-0.15, -0.1) is 0 Å². The third-order valence-corrected chi connectivity index (χ3v) is 9.10. The van der Waals surface area contributed by atoms with E-state index in [1.165, 1.54) is 11.1 Å². The Kier molecular flexibility index (Phi) is 5.53. The van der Waals surface area contributed by atoms with Gasteiger partial charge in [-0.3, -0.25) is 4.79 Å². The molecule has 6 heteroatoms. The standard InChI is InChI=1S/C22H32N2O3S/c1-2-15-28(26,27)24-13-9-22(10-14-24)17-18(19-7-3-4-8-20(19)22)16-21(25)23-11-5-6-12-23/h3-4,7-8,18H,2,5-6,9-17H2,1H3/t18-/m0/s1. The van der Waals surface area contributed by atoms with Crippen molar-refractivity contribution in [2.45, 2.75) is 63.2 Å². The van der Waals surface area contributed by atoms with Crippen molar-refractivity contribution in [2.24, 2.45) is 0 Å². The van der Waals surface area contributed by atoms with Crippen LogP contribution in [0, 0.1) is 0 Å². The van der Waals surface area contributed by atoms with Crippen molar-refractivity contribution in [3.05, 3.63) is 35.4 Å². The second-order valence-electron chi connectivity index (χ2n) is 8.78. The van der Waals surface area contributed by atoms with Crippen LogP contribution < -0.4 is 0 Å². The number of carbonyl (C=O) groups excluding carboxylic acids is 1. The summed E-state index contributed by atoms with van der Waals surface area (Å²) in [5.74, 6) is 0.796. The SMILES string of the molecule is CCCS(=O)(=O)N1CCC2(CC1)C[C@H](CC(=O)N1CCCC1)c1ccccc12. The number of amides is 1. The van der Waals surface area contributed by atoms with Gasteiger partial charge in [0.2, 0.25) is 15.9 Å². The van der Waals surface area contributed by atoms with E-state index in [2.05, 4.69) is 24.3 Å². The highest BCUT2D eigenvalue weighted by Crippen LogP contribution is 2.53. The molecule has 1 aromatic rings. The number of rotatable bonds is 5. The molecule has 0 N–H and O–H groups in total. The Morgan fingerprint density at radius 2 is 1.79 bits per heavy atom. The molecule has 2 saturated heterocycles. The summed E-state index contributed by atoms with van der Waals surface area (Å²) in [6, 6.07) is 8.57. The summed E-state index contributed by atoms with van der Waals surface area (Å²) < 4.78 is 26.6. The summed E-state index contributed by atoms with van der Waals surface area (Å²) in [5.41, 5.74) is 2.71. The smallest absolute Gasteiger partial charge is 0.223 e. The lowest BCUT2D eigenvalue weighted by molar-refractivity contribution is -0.130. The molecule has 1 spiro atoms. The highest BCUT2D eigenvalue weighted by molar-refractivity contribution is 7.89. The lowest BCUT2D eigenvalue weighted by Crippen LogP contribution is -2.45.